The topological polar surface area (TPSA) is 173 Å². The first kappa shape index (κ1) is 57.1. The van der Waals surface area contributed by atoms with E-state index in [1.165, 1.54) is 0 Å². The first-order valence-electron chi connectivity index (χ1n) is 29.2. The first-order valence-corrected chi connectivity index (χ1v) is 29.2. The maximum absolute atomic E-state index is 11.4. The summed E-state index contributed by atoms with van der Waals surface area (Å²) in [6, 6.07) is 79.0. The average molecular weight is 1160 g/mol. The summed E-state index contributed by atoms with van der Waals surface area (Å²) in [4.78, 5) is 29.2. The fourth-order valence-electron chi connectivity index (χ4n) is 9.57. The average Bonchev–Trinajstić information content (AvgIpc) is 3.12. The molecule has 0 fully saturated rings. The molecule has 0 radical (unpaired) electrons. The van der Waals surface area contributed by atoms with E-state index in [9.17, 15) is 10.2 Å². The van der Waals surface area contributed by atoms with Crippen molar-refractivity contribution < 1.29 is 38.6 Å². The number of ether oxygens (including phenoxy) is 6. The molecule has 0 bridgehead atoms. The van der Waals surface area contributed by atoms with Gasteiger partial charge < -0.3 is 38.6 Å². The summed E-state index contributed by atoms with van der Waals surface area (Å²) in [6.45, 7) is 0.996. The van der Waals surface area contributed by atoms with Crippen LogP contribution in [0.4, 0.5) is 0 Å². The minimum absolute atomic E-state index is 0.0138. The molecule has 0 aliphatic rings. The number of hydrogen-bond donors (Lipinski definition) is 2. The highest BCUT2D eigenvalue weighted by Gasteiger charge is 2.19. The zero-order valence-corrected chi connectivity index (χ0v) is 47.9. The monoisotopic (exact) mass is 1160 g/mol. The van der Waals surface area contributed by atoms with Gasteiger partial charge in [-0.05, 0) is 183 Å². The van der Waals surface area contributed by atoms with Crippen LogP contribution in [0.2, 0.25) is 0 Å². The Morgan fingerprint density at radius 2 is 0.455 bits per heavy atom. The molecule has 0 saturated carbocycles. The molecule has 0 saturated heterocycles. The van der Waals surface area contributed by atoms with E-state index in [2.05, 4.69) is 0 Å². The minimum Gasteiger partial charge on any atom is -0.507 e. The van der Waals surface area contributed by atoms with Crippen molar-refractivity contribution in [3.05, 3.63) is 255 Å². The highest BCUT2D eigenvalue weighted by atomic mass is 16.5. The fraction of sp³-hybridized carbons (Fsp3) is 0.108. The maximum atomic E-state index is 11.4. The van der Waals surface area contributed by atoms with Gasteiger partial charge in [0.1, 0.15) is 69.0 Å². The van der Waals surface area contributed by atoms with Gasteiger partial charge in [0.2, 0.25) is 0 Å². The smallest absolute Gasteiger partial charge is 0.167 e. The van der Waals surface area contributed by atoms with Crippen LogP contribution in [0.5, 0.6) is 69.0 Å². The molecule has 2 aromatic heterocycles. The van der Waals surface area contributed by atoms with E-state index in [-0.39, 0.29) is 11.5 Å². The molecule has 2 heterocycles. The molecule has 14 nitrogen and oxygen atoms in total. The van der Waals surface area contributed by atoms with Crippen LogP contribution in [0.25, 0.3) is 68.3 Å². The standard InChI is InChI=1S/C74H60N6O8/c81-67-49-63(43-45-65(67)73-77-69(51-27-35-59(36-28-51)85-55-19-9-5-10-20-55)75-70(78-73)52-29-37-60(38-30-52)86-56-21-11-6-12-22-56)83-47-17-3-1-2-4-18-48-84-64-44-46-66(68(82)50-64)74-79-71(53-31-39-61(40-32-53)87-57-23-13-7-14-24-57)76-72(80-74)54-33-41-62(42-34-54)88-58-25-15-8-16-26-58/h5-16,19-46,49-50,81-82H,1-4,17-18,47-48H2. The second-order valence-corrected chi connectivity index (χ2v) is 20.5. The first-order chi connectivity index (χ1) is 43.4. The van der Waals surface area contributed by atoms with Gasteiger partial charge in [-0.2, -0.15) is 0 Å². The lowest BCUT2D eigenvalue weighted by Crippen LogP contribution is -2.01. The number of rotatable bonds is 25. The quantitative estimate of drug-likeness (QED) is 0.0518. The number of nitrogens with zero attached hydrogens (tertiary/aromatic N) is 6. The third kappa shape index (κ3) is 15.1. The molecule has 14 heteroatoms. The minimum atomic E-state index is -0.0138. The number of benzene rings is 10. The van der Waals surface area contributed by atoms with Crippen LogP contribution in [-0.4, -0.2) is 53.3 Å². The molecule has 0 unspecified atom stereocenters. The summed E-state index contributed by atoms with van der Waals surface area (Å²) in [5.41, 5.74) is 3.87. The fourth-order valence-corrected chi connectivity index (χ4v) is 9.57. The van der Waals surface area contributed by atoms with Gasteiger partial charge in [-0.3, -0.25) is 0 Å². The second kappa shape index (κ2) is 28.0. The third-order valence-corrected chi connectivity index (χ3v) is 14.1. The lowest BCUT2D eigenvalue weighted by Gasteiger charge is -2.12. The van der Waals surface area contributed by atoms with E-state index in [1.807, 2.05) is 231 Å². The lowest BCUT2D eigenvalue weighted by molar-refractivity contribution is 0.295. The molecule has 2 N–H and O–H groups in total. The van der Waals surface area contributed by atoms with Gasteiger partial charge in [0.15, 0.2) is 34.9 Å². The van der Waals surface area contributed by atoms with Crippen molar-refractivity contribution >= 4 is 0 Å². The van der Waals surface area contributed by atoms with E-state index in [1.54, 1.807) is 24.3 Å². The number of phenols is 2. The van der Waals surface area contributed by atoms with Crippen molar-refractivity contribution in [2.75, 3.05) is 13.2 Å². The van der Waals surface area contributed by atoms with Crippen LogP contribution in [0.1, 0.15) is 38.5 Å². The van der Waals surface area contributed by atoms with E-state index in [0.29, 0.717) is 93.8 Å². The summed E-state index contributed by atoms with van der Waals surface area (Å²) in [7, 11) is 0. The molecule has 12 aromatic rings. The van der Waals surface area contributed by atoms with Crippen molar-refractivity contribution in [2.24, 2.45) is 0 Å². The number of aromatic nitrogens is 6. The van der Waals surface area contributed by atoms with E-state index in [0.717, 1.165) is 83.8 Å². The molecule has 0 aliphatic carbocycles. The van der Waals surface area contributed by atoms with Crippen LogP contribution in [0, 0.1) is 0 Å². The van der Waals surface area contributed by atoms with Gasteiger partial charge >= 0.3 is 0 Å². The summed E-state index contributed by atoms with van der Waals surface area (Å²) < 4.78 is 36.4. The Morgan fingerprint density at radius 3 is 0.716 bits per heavy atom. The zero-order chi connectivity index (χ0) is 59.7. The second-order valence-electron chi connectivity index (χ2n) is 20.5. The normalized spacial score (nSPS) is 11.0. The zero-order valence-electron chi connectivity index (χ0n) is 47.9. The molecule has 10 aromatic carbocycles. The van der Waals surface area contributed by atoms with Crippen molar-refractivity contribution in [2.45, 2.75) is 38.5 Å². The summed E-state index contributed by atoms with van der Waals surface area (Å²) >= 11 is 0. The molecule has 0 amide bonds. The number of para-hydroxylation sites is 4. The van der Waals surface area contributed by atoms with Gasteiger partial charge in [0, 0.05) is 34.4 Å². The predicted molar refractivity (Wildman–Crippen MR) is 340 cm³/mol. The highest BCUT2D eigenvalue weighted by molar-refractivity contribution is 5.73. The van der Waals surface area contributed by atoms with Crippen LogP contribution in [0.15, 0.2) is 255 Å². The van der Waals surface area contributed by atoms with Gasteiger partial charge in [-0.15, -0.1) is 0 Å². The molecule has 12 rings (SSSR count). The molecule has 0 atom stereocenters. The Balaban J connectivity index is 0.633. The molecule has 0 spiro atoms. The largest absolute Gasteiger partial charge is 0.507 e. The molecule has 434 valence electrons. The van der Waals surface area contributed by atoms with Crippen LogP contribution >= 0.6 is 0 Å². The SMILES string of the molecule is Oc1cc(OCCCCCCCCOc2ccc(-c3nc(-c4ccc(Oc5ccccc5)cc4)nc(-c4ccc(Oc5ccccc5)cc4)n3)c(O)c2)ccc1-c1nc(-c2ccc(Oc3ccccc3)cc2)nc(-c2ccc(Oc3ccccc3)cc2)n1. The Kier molecular flexibility index (Phi) is 18.2. The Morgan fingerprint density at radius 1 is 0.227 bits per heavy atom. The Bertz CT molecular complexity index is 3730. The number of hydrogen-bond acceptors (Lipinski definition) is 14. The van der Waals surface area contributed by atoms with Gasteiger partial charge in [0.05, 0.1) is 24.3 Å². The van der Waals surface area contributed by atoms with Gasteiger partial charge in [-0.1, -0.05) is 98.5 Å². The highest BCUT2D eigenvalue weighted by Crippen LogP contribution is 2.37. The third-order valence-electron chi connectivity index (χ3n) is 14.1. The summed E-state index contributed by atoms with van der Waals surface area (Å²) in [5, 5.41) is 22.9. The Hall–Kier alpha value is -11.4. The number of aromatic hydroxyl groups is 2. The van der Waals surface area contributed by atoms with Crippen molar-refractivity contribution in [3.63, 3.8) is 0 Å². The number of unbranched alkanes of at least 4 members (excludes halogenated alkanes) is 5. The van der Waals surface area contributed by atoms with E-state index in [4.69, 9.17) is 58.3 Å². The van der Waals surface area contributed by atoms with Crippen molar-refractivity contribution in [1.29, 1.82) is 0 Å². The summed E-state index contributed by atoms with van der Waals surface area (Å²) in [6.07, 6.45) is 5.74. The molecular weight excluding hydrogens is 1100 g/mol. The van der Waals surface area contributed by atoms with Crippen LogP contribution in [0.3, 0.4) is 0 Å². The maximum Gasteiger partial charge on any atom is 0.167 e. The number of phenolic OH excluding ortho intramolecular Hbond substituents is 2. The Labute approximate surface area is 510 Å². The molecule has 0 aliphatic heterocycles. The molecular formula is C74H60N6O8. The molecule has 88 heavy (non-hydrogen) atoms. The van der Waals surface area contributed by atoms with Crippen LogP contribution in [-0.2, 0) is 0 Å². The van der Waals surface area contributed by atoms with E-state index >= 15 is 0 Å². The van der Waals surface area contributed by atoms with Gasteiger partial charge in [-0.25, -0.2) is 29.9 Å². The lowest BCUT2D eigenvalue weighted by atomic mass is 10.1. The summed E-state index contributed by atoms with van der Waals surface area (Å²) in [5.74, 6) is 9.02. The predicted octanol–water partition coefficient (Wildman–Crippen LogP) is 18.4. The van der Waals surface area contributed by atoms with E-state index < -0.39 is 0 Å². The van der Waals surface area contributed by atoms with Crippen molar-refractivity contribution in [1.82, 2.24) is 29.9 Å². The van der Waals surface area contributed by atoms with Crippen molar-refractivity contribution in [3.8, 4) is 137 Å². The van der Waals surface area contributed by atoms with Crippen LogP contribution < -0.4 is 28.4 Å². The van der Waals surface area contributed by atoms with Gasteiger partial charge in [0.25, 0.3) is 0 Å².